The molecule has 1 aromatic heterocycles. The molecule has 0 aliphatic carbocycles. The fraction of sp³-hybridized carbons (Fsp3) is 0.500. The number of hydrogen-bond donors (Lipinski definition) is 1. The first-order valence-electron chi connectivity index (χ1n) is 6.31. The van der Waals surface area contributed by atoms with E-state index in [1.165, 1.54) is 5.56 Å². The van der Waals surface area contributed by atoms with Gasteiger partial charge in [-0.3, -0.25) is 4.99 Å². The zero-order chi connectivity index (χ0) is 13.2. The van der Waals surface area contributed by atoms with Gasteiger partial charge in [0.2, 0.25) is 0 Å². The first kappa shape index (κ1) is 14.8. The Bertz CT molecular complexity index is 357. The number of guanidine groups is 1. The largest absolute Gasteiger partial charge is 0.356 e. The summed E-state index contributed by atoms with van der Waals surface area (Å²) in [7, 11) is 3.90. The highest BCUT2D eigenvalue weighted by atomic mass is 32.1. The molecule has 100 valence electrons. The predicted molar refractivity (Wildman–Crippen MR) is 81.4 cm³/mol. The maximum Gasteiger partial charge on any atom is 0.193 e. The molecule has 0 aliphatic rings. The van der Waals surface area contributed by atoms with Gasteiger partial charge in [-0.05, 0) is 41.7 Å². The van der Waals surface area contributed by atoms with Crippen LogP contribution in [0.4, 0.5) is 0 Å². The minimum absolute atomic E-state index is 0.926. The van der Waals surface area contributed by atoms with E-state index in [9.17, 15) is 0 Å². The van der Waals surface area contributed by atoms with Crippen LogP contribution >= 0.6 is 11.3 Å². The molecule has 0 saturated carbocycles. The third-order valence-electron chi connectivity index (χ3n) is 2.75. The number of rotatable bonds is 7. The minimum atomic E-state index is 0.926. The Morgan fingerprint density at radius 1 is 1.61 bits per heavy atom. The van der Waals surface area contributed by atoms with Gasteiger partial charge in [-0.25, -0.2) is 0 Å². The van der Waals surface area contributed by atoms with E-state index in [-0.39, 0.29) is 0 Å². The van der Waals surface area contributed by atoms with Crippen molar-refractivity contribution in [1.29, 1.82) is 0 Å². The average molecular weight is 265 g/mol. The number of nitrogens with zero attached hydrogens (tertiary/aromatic N) is 2. The van der Waals surface area contributed by atoms with Crippen LogP contribution in [-0.4, -0.2) is 38.0 Å². The summed E-state index contributed by atoms with van der Waals surface area (Å²) in [6.07, 6.45) is 5.17. The lowest BCUT2D eigenvalue weighted by molar-refractivity contribution is 0.470. The SMILES string of the molecule is C=CCCCN(C)C(=NC)NCCc1ccsc1. The molecule has 0 aliphatic heterocycles. The van der Waals surface area contributed by atoms with Gasteiger partial charge in [-0.1, -0.05) is 6.08 Å². The molecular weight excluding hydrogens is 242 g/mol. The third kappa shape index (κ3) is 5.36. The second kappa shape index (κ2) is 8.75. The van der Waals surface area contributed by atoms with Gasteiger partial charge in [0.15, 0.2) is 5.96 Å². The minimum Gasteiger partial charge on any atom is -0.356 e. The summed E-state index contributed by atoms with van der Waals surface area (Å²) in [6, 6.07) is 2.17. The van der Waals surface area contributed by atoms with Gasteiger partial charge in [0.25, 0.3) is 0 Å². The summed E-state index contributed by atoms with van der Waals surface area (Å²) >= 11 is 1.75. The molecule has 0 saturated heterocycles. The maximum absolute atomic E-state index is 4.29. The Hall–Kier alpha value is -1.29. The van der Waals surface area contributed by atoms with E-state index < -0.39 is 0 Å². The van der Waals surface area contributed by atoms with E-state index in [1.807, 2.05) is 13.1 Å². The first-order chi connectivity index (χ1) is 8.77. The summed E-state index contributed by atoms with van der Waals surface area (Å²) in [6.45, 7) is 5.67. The second-order valence-electron chi connectivity index (χ2n) is 4.21. The van der Waals surface area contributed by atoms with Gasteiger partial charge < -0.3 is 10.2 Å². The third-order valence-corrected chi connectivity index (χ3v) is 3.48. The lowest BCUT2D eigenvalue weighted by atomic mass is 10.2. The van der Waals surface area contributed by atoms with E-state index in [2.05, 4.69) is 45.7 Å². The highest BCUT2D eigenvalue weighted by molar-refractivity contribution is 7.07. The van der Waals surface area contributed by atoms with Crippen LogP contribution < -0.4 is 5.32 Å². The second-order valence-corrected chi connectivity index (χ2v) is 4.99. The van der Waals surface area contributed by atoms with Crippen LogP contribution in [0, 0.1) is 0 Å². The Labute approximate surface area is 114 Å². The van der Waals surface area contributed by atoms with Crippen LogP contribution in [0.15, 0.2) is 34.5 Å². The Morgan fingerprint density at radius 2 is 2.44 bits per heavy atom. The fourth-order valence-electron chi connectivity index (χ4n) is 1.72. The molecule has 4 heteroatoms. The van der Waals surface area contributed by atoms with Crippen LogP contribution in [0.5, 0.6) is 0 Å². The summed E-state index contributed by atoms with van der Waals surface area (Å²) < 4.78 is 0. The van der Waals surface area contributed by atoms with Crippen molar-refractivity contribution < 1.29 is 0 Å². The molecule has 1 N–H and O–H groups in total. The zero-order valence-electron chi connectivity index (χ0n) is 11.4. The topological polar surface area (TPSA) is 27.6 Å². The number of thiophene rings is 1. The van der Waals surface area contributed by atoms with Crippen molar-refractivity contribution in [3.8, 4) is 0 Å². The molecule has 0 radical (unpaired) electrons. The van der Waals surface area contributed by atoms with E-state index >= 15 is 0 Å². The summed E-state index contributed by atoms with van der Waals surface area (Å²) in [4.78, 5) is 6.46. The van der Waals surface area contributed by atoms with Crippen LogP contribution in [0.3, 0.4) is 0 Å². The highest BCUT2D eigenvalue weighted by Gasteiger charge is 2.04. The normalized spacial score (nSPS) is 11.3. The fourth-order valence-corrected chi connectivity index (χ4v) is 2.42. The maximum atomic E-state index is 4.29. The van der Waals surface area contributed by atoms with Crippen molar-refractivity contribution in [3.63, 3.8) is 0 Å². The van der Waals surface area contributed by atoms with Crippen LogP contribution in [0.2, 0.25) is 0 Å². The number of unbranched alkanes of at least 4 members (excludes halogenated alkanes) is 1. The van der Waals surface area contributed by atoms with Crippen molar-refractivity contribution in [2.24, 2.45) is 4.99 Å². The van der Waals surface area contributed by atoms with Crippen molar-refractivity contribution >= 4 is 17.3 Å². The van der Waals surface area contributed by atoms with Crippen LogP contribution in [0.25, 0.3) is 0 Å². The number of aliphatic imine (C=N–C) groups is 1. The summed E-state index contributed by atoms with van der Waals surface area (Å²) in [5.74, 6) is 0.967. The van der Waals surface area contributed by atoms with E-state index in [1.54, 1.807) is 11.3 Å². The molecule has 1 heterocycles. The monoisotopic (exact) mass is 265 g/mol. The molecule has 0 aromatic carbocycles. The van der Waals surface area contributed by atoms with E-state index in [0.717, 1.165) is 38.3 Å². The molecule has 0 amide bonds. The molecule has 0 fully saturated rings. The molecule has 1 rings (SSSR count). The van der Waals surface area contributed by atoms with Crippen LogP contribution in [0.1, 0.15) is 18.4 Å². The van der Waals surface area contributed by atoms with Crippen molar-refractivity contribution in [3.05, 3.63) is 35.0 Å². The molecule has 18 heavy (non-hydrogen) atoms. The lowest BCUT2D eigenvalue weighted by Crippen LogP contribution is -2.40. The quantitative estimate of drug-likeness (QED) is 0.355. The Balaban J connectivity index is 2.26. The number of allylic oxidation sites excluding steroid dienone is 1. The average Bonchev–Trinajstić information content (AvgIpc) is 2.88. The Kier molecular flexibility index (Phi) is 7.18. The molecule has 0 unspecified atom stereocenters. The van der Waals surface area contributed by atoms with E-state index in [0.29, 0.717) is 0 Å². The van der Waals surface area contributed by atoms with Crippen LogP contribution in [-0.2, 0) is 6.42 Å². The molecule has 0 atom stereocenters. The van der Waals surface area contributed by atoms with Gasteiger partial charge in [-0.15, -0.1) is 6.58 Å². The Morgan fingerprint density at radius 3 is 3.06 bits per heavy atom. The van der Waals surface area contributed by atoms with Gasteiger partial charge in [0, 0.05) is 27.2 Å². The zero-order valence-corrected chi connectivity index (χ0v) is 12.2. The summed E-state index contributed by atoms with van der Waals surface area (Å²) in [5, 5.41) is 7.70. The molecule has 1 aromatic rings. The van der Waals surface area contributed by atoms with Gasteiger partial charge in [-0.2, -0.15) is 11.3 Å². The smallest absolute Gasteiger partial charge is 0.193 e. The molecular formula is C14H23N3S. The van der Waals surface area contributed by atoms with Crippen molar-refractivity contribution in [1.82, 2.24) is 10.2 Å². The highest BCUT2D eigenvalue weighted by Crippen LogP contribution is 2.05. The molecule has 0 bridgehead atoms. The number of hydrogen-bond acceptors (Lipinski definition) is 2. The molecule has 0 spiro atoms. The standard InChI is InChI=1S/C14H23N3S/c1-4-5-6-10-17(3)14(15-2)16-9-7-13-8-11-18-12-13/h4,8,11-12H,1,5-7,9-10H2,2-3H3,(H,15,16). The van der Waals surface area contributed by atoms with Gasteiger partial charge >= 0.3 is 0 Å². The molecule has 3 nitrogen and oxygen atoms in total. The predicted octanol–water partition coefficient (Wildman–Crippen LogP) is 2.76. The van der Waals surface area contributed by atoms with Crippen molar-refractivity contribution in [2.45, 2.75) is 19.3 Å². The number of nitrogens with one attached hydrogen (secondary N) is 1. The van der Waals surface area contributed by atoms with E-state index in [4.69, 9.17) is 0 Å². The first-order valence-corrected chi connectivity index (χ1v) is 7.26. The van der Waals surface area contributed by atoms with Crippen molar-refractivity contribution in [2.75, 3.05) is 27.2 Å². The lowest BCUT2D eigenvalue weighted by Gasteiger charge is -2.21. The van der Waals surface area contributed by atoms with Gasteiger partial charge in [0.1, 0.15) is 0 Å². The van der Waals surface area contributed by atoms with Gasteiger partial charge in [0.05, 0.1) is 0 Å². The summed E-state index contributed by atoms with van der Waals surface area (Å²) in [5.41, 5.74) is 1.39.